The summed E-state index contributed by atoms with van der Waals surface area (Å²) >= 11 is 11.5. The van der Waals surface area contributed by atoms with Crippen LogP contribution in [0.1, 0.15) is 18.4 Å². The highest BCUT2D eigenvalue weighted by molar-refractivity contribution is 6.33. The second-order valence-electron chi connectivity index (χ2n) is 5.96. The Balaban J connectivity index is 1.77. The molecule has 0 bridgehead atoms. The zero-order valence-electron chi connectivity index (χ0n) is 15.2. The quantitative estimate of drug-likeness (QED) is 0.572. The van der Waals surface area contributed by atoms with Crippen molar-refractivity contribution in [2.75, 3.05) is 17.2 Å². The Morgan fingerprint density at radius 1 is 0.900 bits per heavy atom. The summed E-state index contributed by atoms with van der Waals surface area (Å²) in [5.74, 6) is -2.16. The Kier molecular flexibility index (Phi) is 8.08. The SMILES string of the molecule is O=C(COC(=O)CCC(=O)Nc1cc(C(F)(F)F)ccc1Cl)Nc1ccc(Cl)cc1. The van der Waals surface area contributed by atoms with Gasteiger partial charge in [-0.1, -0.05) is 23.2 Å². The minimum absolute atomic E-state index is 0.0854. The van der Waals surface area contributed by atoms with Crippen molar-refractivity contribution < 1.29 is 32.3 Å². The molecule has 0 heterocycles. The van der Waals surface area contributed by atoms with Crippen LogP contribution in [0.4, 0.5) is 24.5 Å². The summed E-state index contributed by atoms with van der Waals surface area (Å²) < 4.78 is 43.0. The van der Waals surface area contributed by atoms with E-state index in [4.69, 9.17) is 27.9 Å². The van der Waals surface area contributed by atoms with E-state index in [1.165, 1.54) is 0 Å². The van der Waals surface area contributed by atoms with Crippen molar-refractivity contribution in [3.05, 3.63) is 58.1 Å². The van der Waals surface area contributed by atoms with Crippen LogP contribution in [0.5, 0.6) is 0 Å². The van der Waals surface area contributed by atoms with Crippen molar-refractivity contribution >= 4 is 52.4 Å². The van der Waals surface area contributed by atoms with Crippen molar-refractivity contribution in [3.63, 3.8) is 0 Å². The average Bonchev–Trinajstić information content (AvgIpc) is 2.67. The molecular weight excluding hydrogens is 448 g/mol. The third-order valence-corrected chi connectivity index (χ3v) is 4.20. The van der Waals surface area contributed by atoms with Crippen molar-refractivity contribution in [1.29, 1.82) is 0 Å². The minimum Gasteiger partial charge on any atom is -0.456 e. The molecular formula is C19H15Cl2F3N2O4. The number of hydrogen-bond acceptors (Lipinski definition) is 4. The van der Waals surface area contributed by atoms with E-state index in [2.05, 4.69) is 10.6 Å². The maximum Gasteiger partial charge on any atom is 0.416 e. The smallest absolute Gasteiger partial charge is 0.416 e. The van der Waals surface area contributed by atoms with Crippen LogP contribution in [0, 0.1) is 0 Å². The fourth-order valence-corrected chi connectivity index (χ4v) is 2.46. The highest BCUT2D eigenvalue weighted by Gasteiger charge is 2.31. The zero-order valence-corrected chi connectivity index (χ0v) is 16.7. The van der Waals surface area contributed by atoms with Gasteiger partial charge in [0.25, 0.3) is 5.91 Å². The molecule has 2 amide bonds. The Morgan fingerprint density at radius 2 is 1.57 bits per heavy atom. The van der Waals surface area contributed by atoms with Gasteiger partial charge in [-0.3, -0.25) is 14.4 Å². The van der Waals surface area contributed by atoms with E-state index >= 15 is 0 Å². The molecule has 0 aliphatic heterocycles. The molecule has 6 nitrogen and oxygen atoms in total. The molecule has 11 heteroatoms. The Hall–Kier alpha value is -2.78. The number of carbonyl (C=O) groups is 3. The van der Waals surface area contributed by atoms with Gasteiger partial charge in [-0.15, -0.1) is 0 Å². The van der Waals surface area contributed by atoms with Crippen LogP contribution in [-0.2, 0) is 25.3 Å². The number of amides is 2. The predicted molar refractivity (Wildman–Crippen MR) is 105 cm³/mol. The number of esters is 1. The average molecular weight is 463 g/mol. The number of nitrogens with one attached hydrogen (secondary N) is 2. The Bertz CT molecular complexity index is 934. The Morgan fingerprint density at radius 3 is 2.20 bits per heavy atom. The van der Waals surface area contributed by atoms with E-state index in [1.807, 2.05) is 0 Å². The molecule has 0 atom stereocenters. The highest BCUT2D eigenvalue weighted by Crippen LogP contribution is 2.33. The molecule has 160 valence electrons. The first-order valence-electron chi connectivity index (χ1n) is 8.42. The third kappa shape index (κ3) is 7.57. The maximum absolute atomic E-state index is 12.7. The van der Waals surface area contributed by atoms with Crippen molar-refractivity contribution in [1.82, 2.24) is 0 Å². The van der Waals surface area contributed by atoms with Crippen molar-refractivity contribution in [2.45, 2.75) is 19.0 Å². The summed E-state index contributed by atoms with van der Waals surface area (Å²) in [6, 6.07) is 8.74. The third-order valence-electron chi connectivity index (χ3n) is 3.62. The number of halogens is 5. The van der Waals surface area contributed by atoms with E-state index in [-0.39, 0.29) is 23.6 Å². The number of benzene rings is 2. The van der Waals surface area contributed by atoms with Gasteiger partial charge in [0.1, 0.15) is 0 Å². The van der Waals surface area contributed by atoms with Gasteiger partial charge < -0.3 is 15.4 Å². The molecule has 0 radical (unpaired) electrons. The molecule has 2 aromatic rings. The fourth-order valence-electron chi connectivity index (χ4n) is 2.17. The molecule has 0 saturated heterocycles. The first kappa shape index (κ1) is 23.5. The summed E-state index contributed by atoms with van der Waals surface area (Å²) in [6.07, 6.45) is -5.35. The molecule has 2 N–H and O–H groups in total. The van der Waals surface area contributed by atoms with E-state index in [9.17, 15) is 27.6 Å². The van der Waals surface area contributed by atoms with Crippen LogP contribution < -0.4 is 10.6 Å². The van der Waals surface area contributed by atoms with Crippen LogP contribution in [0.25, 0.3) is 0 Å². The van der Waals surface area contributed by atoms with Gasteiger partial charge in [0, 0.05) is 17.1 Å². The second kappa shape index (κ2) is 10.3. The lowest BCUT2D eigenvalue weighted by molar-refractivity contribution is -0.147. The molecule has 0 aliphatic rings. The number of anilines is 2. The first-order valence-corrected chi connectivity index (χ1v) is 9.18. The zero-order chi connectivity index (χ0) is 22.3. The molecule has 2 rings (SSSR count). The van der Waals surface area contributed by atoms with Gasteiger partial charge >= 0.3 is 12.1 Å². The number of ether oxygens (including phenoxy) is 1. The van der Waals surface area contributed by atoms with Crippen LogP contribution in [-0.4, -0.2) is 24.4 Å². The van der Waals surface area contributed by atoms with Gasteiger partial charge in [-0.2, -0.15) is 13.2 Å². The molecule has 0 unspecified atom stereocenters. The van der Waals surface area contributed by atoms with E-state index < -0.39 is 36.1 Å². The summed E-state index contributed by atoms with van der Waals surface area (Å²) in [7, 11) is 0. The van der Waals surface area contributed by atoms with E-state index in [0.717, 1.165) is 12.1 Å². The monoisotopic (exact) mass is 462 g/mol. The van der Waals surface area contributed by atoms with Crippen molar-refractivity contribution in [3.8, 4) is 0 Å². The van der Waals surface area contributed by atoms with Crippen LogP contribution >= 0.6 is 23.2 Å². The molecule has 0 aromatic heterocycles. The molecule has 0 saturated carbocycles. The number of alkyl halides is 3. The first-order chi connectivity index (χ1) is 14.0. The van der Waals surface area contributed by atoms with Crippen LogP contribution in [0.2, 0.25) is 10.0 Å². The fraction of sp³-hybridized carbons (Fsp3) is 0.211. The molecule has 0 aliphatic carbocycles. The maximum atomic E-state index is 12.7. The standard InChI is InChI=1S/C19H15Cl2F3N2O4/c20-12-2-4-13(5-3-12)25-17(28)10-30-18(29)8-7-16(27)26-15-9-11(19(22,23)24)1-6-14(15)21/h1-6,9H,7-8,10H2,(H,25,28)(H,26,27). The van der Waals surface area contributed by atoms with Crippen LogP contribution in [0.3, 0.4) is 0 Å². The van der Waals surface area contributed by atoms with Gasteiger partial charge in [-0.25, -0.2) is 0 Å². The van der Waals surface area contributed by atoms with E-state index in [1.54, 1.807) is 24.3 Å². The van der Waals surface area contributed by atoms with Crippen LogP contribution in [0.15, 0.2) is 42.5 Å². The number of rotatable bonds is 7. The highest BCUT2D eigenvalue weighted by atomic mass is 35.5. The Labute approximate surface area is 179 Å². The lowest BCUT2D eigenvalue weighted by Crippen LogP contribution is -2.21. The normalized spacial score (nSPS) is 11.0. The molecule has 0 spiro atoms. The minimum atomic E-state index is -4.60. The van der Waals surface area contributed by atoms with Gasteiger partial charge in [0.05, 0.1) is 22.7 Å². The van der Waals surface area contributed by atoms with E-state index in [0.29, 0.717) is 16.8 Å². The molecule has 2 aromatic carbocycles. The lowest BCUT2D eigenvalue weighted by atomic mass is 10.2. The molecule has 0 fully saturated rings. The van der Waals surface area contributed by atoms with Gasteiger partial charge in [-0.05, 0) is 42.5 Å². The number of hydrogen-bond donors (Lipinski definition) is 2. The lowest BCUT2D eigenvalue weighted by Gasteiger charge is -2.11. The topological polar surface area (TPSA) is 84.5 Å². The second-order valence-corrected chi connectivity index (χ2v) is 6.80. The van der Waals surface area contributed by atoms with Gasteiger partial charge in [0.2, 0.25) is 5.91 Å². The summed E-state index contributed by atoms with van der Waals surface area (Å²) in [5, 5.41) is 5.10. The molecule has 30 heavy (non-hydrogen) atoms. The number of carbonyl (C=O) groups excluding carboxylic acids is 3. The predicted octanol–water partition coefficient (Wildman–Crippen LogP) is 4.91. The summed E-state index contributed by atoms with van der Waals surface area (Å²) in [4.78, 5) is 35.3. The summed E-state index contributed by atoms with van der Waals surface area (Å²) in [5.41, 5.74) is -0.752. The largest absolute Gasteiger partial charge is 0.456 e. The summed E-state index contributed by atoms with van der Waals surface area (Å²) in [6.45, 7) is -0.567. The van der Waals surface area contributed by atoms with Gasteiger partial charge in [0.15, 0.2) is 6.61 Å². The van der Waals surface area contributed by atoms with Crippen molar-refractivity contribution in [2.24, 2.45) is 0 Å².